The van der Waals surface area contributed by atoms with Gasteiger partial charge in [0.2, 0.25) is 11.6 Å². The van der Waals surface area contributed by atoms with Crippen molar-refractivity contribution in [3.8, 4) is 11.6 Å². The summed E-state index contributed by atoms with van der Waals surface area (Å²) in [5.74, 6) is -2.32. The van der Waals surface area contributed by atoms with E-state index >= 15 is 0 Å². The first-order chi connectivity index (χ1) is 8.61. The number of rotatable bonds is 3. The van der Waals surface area contributed by atoms with Gasteiger partial charge in [0.15, 0.2) is 11.6 Å². The second-order valence-corrected chi connectivity index (χ2v) is 3.60. The summed E-state index contributed by atoms with van der Waals surface area (Å²) in [6.45, 7) is 1.17. The number of aliphatic hydroxyl groups excluding tert-OH is 1. The van der Waals surface area contributed by atoms with Crippen molar-refractivity contribution in [2.45, 2.75) is 13.5 Å². The van der Waals surface area contributed by atoms with Gasteiger partial charge in [0.1, 0.15) is 0 Å². The maximum Gasteiger partial charge on any atom is 0.241 e. The van der Waals surface area contributed by atoms with Gasteiger partial charge >= 0.3 is 0 Å². The number of hydrogen-bond donors (Lipinski definition) is 1. The Balaban J connectivity index is 2.38. The molecule has 1 N–H and O–H groups in total. The first kappa shape index (κ1) is 12.4. The highest BCUT2D eigenvalue weighted by Gasteiger charge is 2.15. The zero-order valence-electron chi connectivity index (χ0n) is 9.52. The van der Waals surface area contributed by atoms with E-state index in [9.17, 15) is 8.78 Å². The lowest BCUT2D eigenvalue weighted by Crippen LogP contribution is -1.99. The number of aryl methyl sites for hydroxylation is 1. The third-order valence-corrected chi connectivity index (χ3v) is 2.28. The van der Waals surface area contributed by atoms with Crippen LogP contribution in [-0.2, 0) is 6.61 Å². The first-order valence-corrected chi connectivity index (χ1v) is 5.16. The van der Waals surface area contributed by atoms with Crippen LogP contribution >= 0.6 is 0 Å². The Morgan fingerprint density at radius 3 is 2.33 bits per heavy atom. The lowest BCUT2D eigenvalue weighted by atomic mass is 10.2. The molecule has 4 nitrogen and oxygen atoms in total. The summed E-state index contributed by atoms with van der Waals surface area (Å²) < 4.78 is 32.2. The summed E-state index contributed by atoms with van der Waals surface area (Å²) >= 11 is 0. The molecule has 1 aromatic carbocycles. The third-order valence-electron chi connectivity index (χ3n) is 2.28. The molecular formula is C12H10F2N2O2. The predicted molar refractivity (Wildman–Crippen MR) is 59.1 cm³/mol. The predicted octanol–water partition coefficient (Wildman–Crippen LogP) is 2.35. The van der Waals surface area contributed by atoms with Crippen LogP contribution in [0.15, 0.2) is 24.5 Å². The van der Waals surface area contributed by atoms with E-state index in [0.717, 1.165) is 12.1 Å². The summed E-state index contributed by atoms with van der Waals surface area (Å²) in [5, 5.41) is 8.81. The molecule has 0 bridgehead atoms. The number of aliphatic hydroxyl groups is 1. The fourth-order valence-electron chi connectivity index (χ4n) is 1.39. The Morgan fingerprint density at radius 2 is 1.78 bits per heavy atom. The number of ether oxygens (including phenoxy) is 1. The molecule has 0 fully saturated rings. The third kappa shape index (κ3) is 2.43. The van der Waals surface area contributed by atoms with Crippen molar-refractivity contribution < 1.29 is 18.6 Å². The number of nitrogens with zero attached hydrogens (tertiary/aromatic N) is 2. The second kappa shape index (κ2) is 5.05. The molecule has 0 saturated carbocycles. The molecular weight excluding hydrogens is 242 g/mol. The Kier molecular flexibility index (Phi) is 3.47. The summed E-state index contributed by atoms with van der Waals surface area (Å²) in [7, 11) is 0. The normalized spacial score (nSPS) is 10.4. The van der Waals surface area contributed by atoms with Crippen molar-refractivity contribution in [2.75, 3.05) is 0 Å². The largest absolute Gasteiger partial charge is 0.431 e. The van der Waals surface area contributed by atoms with Crippen LogP contribution in [-0.4, -0.2) is 15.1 Å². The fraction of sp³-hybridized carbons (Fsp3) is 0.167. The standard InChI is InChI=1S/C12H10F2N2O2/c1-7-12(16-3-2-15-7)18-11-9(13)4-8(6-17)5-10(11)14/h2-5,17H,6H2,1H3. The highest BCUT2D eigenvalue weighted by molar-refractivity contribution is 5.34. The molecule has 0 aliphatic rings. The van der Waals surface area contributed by atoms with E-state index in [2.05, 4.69) is 9.97 Å². The van der Waals surface area contributed by atoms with Crippen LogP contribution in [0.4, 0.5) is 8.78 Å². The van der Waals surface area contributed by atoms with Gasteiger partial charge in [-0.15, -0.1) is 0 Å². The van der Waals surface area contributed by atoms with Gasteiger partial charge < -0.3 is 9.84 Å². The summed E-state index contributed by atoms with van der Waals surface area (Å²) in [5.41, 5.74) is 0.552. The van der Waals surface area contributed by atoms with E-state index in [0.29, 0.717) is 5.69 Å². The van der Waals surface area contributed by atoms with Crippen molar-refractivity contribution in [3.63, 3.8) is 0 Å². The minimum Gasteiger partial charge on any atom is -0.431 e. The number of aromatic nitrogens is 2. The van der Waals surface area contributed by atoms with Gasteiger partial charge in [0.05, 0.1) is 12.3 Å². The van der Waals surface area contributed by atoms with Crippen LogP contribution in [0.2, 0.25) is 0 Å². The lowest BCUT2D eigenvalue weighted by molar-refractivity contribution is 0.279. The van der Waals surface area contributed by atoms with E-state index in [1.807, 2.05) is 0 Å². The molecule has 18 heavy (non-hydrogen) atoms. The average molecular weight is 252 g/mol. The zero-order valence-corrected chi connectivity index (χ0v) is 9.52. The SMILES string of the molecule is Cc1nccnc1Oc1c(F)cc(CO)cc1F. The Bertz CT molecular complexity index is 553. The van der Waals surface area contributed by atoms with Crippen molar-refractivity contribution in [1.82, 2.24) is 9.97 Å². The van der Waals surface area contributed by atoms with Gasteiger partial charge in [-0.1, -0.05) is 0 Å². The van der Waals surface area contributed by atoms with Crippen LogP contribution in [0, 0.1) is 18.6 Å². The minimum atomic E-state index is -0.899. The molecule has 0 radical (unpaired) electrons. The smallest absolute Gasteiger partial charge is 0.241 e. The second-order valence-electron chi connectivity index (χ2n) is 3.60. The van der Waals surface area contributed by atoms with Crippen LogP contribution in [0.3, 0.4) is 0 Å². The van der Waals surface area contributed by atoms with E-state index < -0.39 is 24.0 Å². The van der Waals surface area contributed by atoms with Crippen LogP contribution < -0.4 is 4.74 Å². The molecule has 0 atom stereocenters. The topological polar surface area (TPSA) is 55.2 Å². The van der Waals surface area contributed by atoms with Crippen molar-refractivity contribution in [1.29, 1.82) is 0 Å². The Labute approximate surface area is 102 Å². The number of halogens is 2. The summed E-state index contributed by atoms with van der Waals surface area (Å²) in [6, 6.07) is 2.01. The molecule has 1 heterocycles. The highest BCUT2D eigenvalue weighted by atomic mass is 19.1. The highest BCUT2D eigenvalue weighted by Crippen LogP contribution is 2.28. The van der Waals surface area contributed by atoms with Crippen LogP contribution in [0.5, 0.6) is 11.6 Å². The molecule has 1 aromatic heterocycles. The molecule has 0 amide bonds. The Morgan fingerprint density at radius 1 is 1.17 bits per heavy atom. The summed E-state index contributed by atoms with van der Waals surface area (Å²) in [4.78, 5) is 7.73. The monoisotopic (exact) mass is 252 g/mol. The summed E-state index contributed by atoms with van der Waals surface area (Å²) in [6.07, 6.45) is 2.81. The average Bonchev–Trinajstić information content (AvgIpc) is 2.35. The molecule has 2 aromatic rings. The lowest BCUT2D eigenvalue weighted by Gasteiger charge is -2.09. The Hall–Kier alpha value is -2.08. The van der Waals surface area contributed by atoms with Gasteiger partial charge in [-0.25, -0.2) is 13.8 Å². The van der Waals surface area contributed by atoms with E-state index in [1.165, 1.54) is 12.4 Å². The number of benzene rings is 1. The van der Waals surface area contributed by atoms with Gasteiger partial charge in [0, 0.05) is 12.4 Å². The van der Waals surface area contributed by atoms with Gasteiger partial charge in [-0.2, -0.15) is 0 Å². The number of hydrogen-bond acceptors (Lipinski definition) is 4. The fourth-order valence-corrected chi connectivity index (χ4v) is 1.39. The molecule has 0 aliphatic heterocycles. The van der Waals surface area contributed by atoms with Crippen LogP contribution in [0.25, 0.3) is 0 Å². The minimum absolute atomic E-state index is 0.0343. The van der Waals surface area contributed by atoms with E-state index in [-0.39, 0.29) is 11.4 Å². The molecule has 0 saturated heterocycles. The van der Waals surface area contributed by atoms with Crippen molar-refractivity contribution >= 4 is 0 Å². The zero-order chi connectivity index (χ0) is 13.1. The van der Waals surface area contributed by atoms with Crippen molar-refractivity contribution in [2.24, 2.45) is 0 Å². The van der Waals surface area contributed by atoms with E-state index in [1.54, 1.807) is 6.92 Å². The van der Waals surface area contributed by atoms with Gasteiger partial charge in [-0.05, 0) is 24.6 Å². The molecule has 0 unspecified atom stereocenters. The van der Waals surface area contributed by atoms with Crippen LogP contribution in [0.1, 0.15) is 11.3 Å². The molecule has 0 spiro atoms. The van der Waals surface area contributed by atoms with Crippen molar-refractivity contribution in [3.05, 3.63) is 47.4 Å². The van der Waals surface area contributed by atoms with Gasteiger partial charge in [-0.3, -0.25) is 4.98 Å². The maximum absolute atomic E-state index is 13.6. The molecule has 2 rings (SSSR count). The van der Waals surface area contributed by atoms with Gasteiger partial charge in [0.25, 0.3) is 0 Å². The van der Waals surface area contributed by atoms with E-state index in [4.69, 9.17) is 9.84 Å². The molecule has 6 heteroatoms. The quantitative estimate of drug-likeness (QED) is 0.911. The molecule has 0 aliphatic carbocycles. The molecule has 94 valence electrons. The first-order valence-electron chi connectivity index (χ1n) is 5.16. The maximum atomic E-state index is 13.6.